The molecule has 0 aliphatic carbocycles. The summed E-state index contributed by atoms with van der Waals surface area (Å²) in [5.41, 5.74) is 2.91. The van der Waals surface area contributed by atoms with Crippen LogP contribution in [-0.2, 0) is 0 Å². The summed E-state index contributed by atoms with van der Waals surface area (Å²) in [4.78, 5) is 27.2. The molecule has 0 radical (unpaired) electrons. The maximum Gasteiger partial charge on any atom is 0.280 e. The second-order valence-corrected chi connectivity index (χ2v) is 5.97. The molecule has 0 bridgehead atoms. The third-order valence-electron chi connectivity index (χ3n) is 3.35. The zero-order valence-electron chi connectivity index (χ0n) is 13.2. The van der Waals surface area contributed by atoms with Gasteiger partial charge in [-0.25, -0.2) is 9.97 Å². The summed E-state index contributed by atoms with van der Waals surface area (Å²) in [6.45, 7) is 5.91. The van der Waals surface area contributed by atoms with Crippen LogP contribution in [-0.4, -0.2) is 27.4 Å². The van der Waals surface area contributed by atoms with Gasteiger partial charge in [0.05, 0.1) is 17.6 Å². The summed E-state index contributed by atoms with van der Waals surface area (Å²) in [5.74, 6) is -0.239. The van der Waals surface area contributed by atoms with Crippen LogP contribution >= 0.6 is 11.3 Å². The highest BCUT2D eigenvalue weighted by molar-refractivity contribution is 7.14. The minimum Gasteiger partial charge on any atom is -0.279 e. The Kier molecular flexibility index (Phi) is 4.77. The Hall–Kier alpha value is -2.86. The third kappa shape index (κ3) is 3.38. The fourth-order valence-corrected chi connectivity index (χ4v) is 2.99. The van der Waals surface area contributed by atoms with Crippen molar-refractivity contribution in [2.75, 3.05) is 11.4 Å². The van der Waals surface area contributed by atoms with Crippen LogP contribution < -0.4 is 4.90 Å². The molecule has 0 spiro atoms. The largest absolute Gasteiger partial charge is 0.280 e. The average Bonchev–Trinajstić information content (AvgIpc) is 3.10. The van der Waals surface area contributed by atoms with E-state index < -0.39 is 0 Å². The van der Waals surface area contributed by atoms with Crippen molar-refractivity contribution >= 4 is 22.4 Å². The summed E-state index contributed by atoms with van der Waals surface area (Å²) in [5, 5.41) is 2.55. The monoisotopic (exact) mass is 336 g/mol. The molecule has 120 valence electrons. The van der Waals surface area contributed by atoms with E-state index in [1.165, 1.54) is 17.5 Å². The van der Waals surface area contributed by atoms with E-state index in [9.17, 15) is 4.79 Å². The first kappa shape index (κ1) is 16.0. The molecule has 0 unspecified atom stereocenters. The first-order valence-electron chi connectivity index (χ1n) is 7.41. The number of thiazole rings is 1. The number of amides is 1. The highest BCUT2D eigenvalue weighted by Gasteiger charge is 2.21. The number of carbonyl (C=O) groups excluding carboxylic acids is 1. The second-order valence-electron chi connectivity index (χ2n) is 5.13. The molecule has 0 aliphatic rings. The van der Waals surface area contributed by atoms with Crippen LogP contribution in [0, 0.1) is 6.92 Å². The van der Waals surface area contributed by atoms with Gasteiger partial charge >= 0.3 is 0 Å². The van der Waals surface area contributed by atoms with Gasteiger partial charge in [0.1, 0.15) is 5.69 Å². The van der Waals surface area contributed by atoms with Crippen LogP contribution in [0.5, 0.6) is 0 Å². The lowest BCUT2D eigenvalue weighted by molar-refractivity contribution is 0.0984. The molecule has 0 fully saturated rings. The first-order chi connectivity index (χ1) is 11.7. The van der Waals surface area contributed by atoms with Crippen molar-refractivity contribution in [1.29, 1.82) is 0 Å². The number of hydrogen-bond donors (Lipinski definition) is 0. The van der Waals surface area contributed by atoms with Crippen LogP contribution in [0.15, 0.2) is 60.8 Å². The lowest BCUT2D eigenvalue weighted by Crippen LogP contribution is -2.31. The fourth-order valence-electron chi connectivity index (χ4n) is 2.15. The highest BCUT2D eigenvalue weighted by Crippen LogP contribution is 2.28. The van der Waals surface area contributed by atoms with Crippen molar-refractivity contribution in [2.45, 2.75) is 6.92 Å². The van der Waals surface area contributed by atoms with Crippen molar-refractivity contribution in [3.05, 3.63) is 72.1 Å². The number of benzene rings is 1. The molecule has 2 aromatic heterocycles. The Morgan fingerprint density at radius 1 is 1.25 bits per heavy atom. The molecule has 24 heavy (non-hydrogen) atoms. The van der Waals surface area contributed by atoms with Gasteiger partial charge < -0.3 is 0 Å². The fraction of sp³-hybridized carbons (Fsp3) is 0.111. The summed E-state index contributed by atoms with van der Waals surface area (Å²) < 4.78 is 0. The molecule has 0 saturated heterocycles. The molecule has 0 N–H and O–H groups in total. The van der Waals surface area contributed by atoms with Crippen molar-refractivity contribution in [2.24, 2.45) is 0 Å². The van der Waals surface area contributed by atoms with Gasteiger partial charge in [0.2, 0.25) is 0 Å². The van der Waals surface area contributed by atoms with Crippen LogP contribution in [0.3, 0.4) is 0 Å². The number of rotatable bonds is 5. The highest BCUT2D eigenvalue weighted by atomic mass is 32.1. The van der Waals surface area contributed by atoms with Crippen LogP contribution in [0.1, 0.15) is 16.2 Å². The molecule has 5 nitrogen and oxygen atoms in total. The van der Waals surface area contributed by atoms with Gasteiger partial charge in [-0.1, -0.05) is 36.4 Å². The standard InChI is InChI=1S/C18H16N4OS/c1-3-9-22(17(23)15-11-19-13(2)10-20-15)18-21-16(12-24-18)14-7-5-4-6-8-14/h3-8,10-12H,1,9H2,2H3. The number of hydrogen-bond acceptors (Lipinski definition) is 5. The van der Waals surface area contributed by atoms with E-state index in [-0.39, 0.29) is 5.91 Å². The predicted molar refractivity (Wildman–Crippen MR) is 96.2 cm³/mol. The van der Waals surface area contributed by atoms with Crippen LogP contribution in [0.4, 0.5) is 5.13 Å². The summed E-state index contributed by atoms with van der Waals surface area (Å²) in [7, 11) is 0. The normalized spacial score (nSPS) is 10.4. The predicted octanol–water partition coefficient (Wildman–Crippen LogP) is 3.74. The molecule has 6 heteroatoms. The molecule has 0 aliphatic heterocycles. The number of anilines is 1. The molecule has 2 heterocycles. The smallest absolute Gasteiger partial charge is 0.279 e. The summed E-state index contributed by atoms with van der Waals surface area (Å²) in [6, 6.07) is 9.86. The zero-order chi connectivity index (χ0) is 16.9. The number of nitrogens with zero attached hydrogens (tertiary/aromatic N) is 4. The van der Waals surface area contributed by atoms with E-state index in [1.807, 2.05) is 42.6 Å². The van der Waals surface area contributed by atoms with E-state index in [4.69, 9.17) is 0 Å². The van der Waals surface area contributed by atoms with Gasteiger partial charge in [-0.15, -0.1) is 17.9 Å². The van der Waals surface area contributed by atoms with Gasteiger partial charge in [-0.2, -0.15) is 0 Å². The minimum absolute atomic E-state index is 0.239. The summed E-state index contributed by atoms with van der Waals surface area (Å²) >= 11 is 1.42. The zero-order valence-corrected chi connectivity index (χ0v) is 14.0. The first-order valence-corrected chi connectivity index (χ1v) is 8.29. The van der Waals surface area contributed by atoms with E-state index in [0.717, 1.165) is 17.0 Å². The van der Waals surface area contributed by atoms with E-state index in [0.29, 0.717) is 17.4 Å². The topological polar surface area (TPSA) is 59.0 Å². The Labute approximate surface area is 144 Å². The van der Waals surface area contributed by atoms with Gasteiger partial charge in [0.25, 0.3) is 5.91 Å². The van der Waals surface area contributed by atoms with Crippen LogP contribution in [0.25, 0.3) is 11.3 Å². The van der Waals surface area contributed by atoms with Gasteiger partial charge in [0.15, 0.2) is 5.13 Å². The molecular weight excluding hydrogens is 320 g/mol. The number of aromatic nitrogens is 3. The molecule has 3 rings (SSSR count). The molecule has 1 aromatic carbocycles. The van der Waals surface area contributed by atoms with E-state index in [2.05, 4.69) is 21.5 Å². The Morgan fingerprint density at radius 2 is 2.04 bits per heavy atom. The van der Waals surface area contributed by atoms with E-state index >= 15 is 0 Å². The molecule has 1 amide bonds. The van der Waals surface area contributed by atoms with Gasteiger partial charge in [-0.3, -0.25) is 14.7 Å². The molecule has 3 aromatic rings. The van der Waals surface area contributed by atoms with Gasteiger partial charge in [-0.05, 0) is 6.92 Å². The Balaban J connectivity index is 1.91. The molecule has 0 atom stereocenters. The SMILES string of the molecule is C=CCN(C(=O)c1cnc(C)cn1)c1nc(-c2ccccc2)cs1. The average molecular weight is 336 g/mol. The number of aryl methyl sites for hydroxylation is 1. The third-order valence-corrected chi connectivity index (χ3v) is 4.21. The maximum absolute atomic E-state index is 12.7. The lowest BCUT2D eigenvalue weighted by atomic mass is 10.2. The second kappa shape index (κ2) is 7.14. The van der Waals surface area contributed by atoms with Crippen molar-refractivity contribution in [3.63, 3.8) is 0 Å². The van der Waals surface area contributed by atoms with E-state index in [1.54, 1.807) is 17.2 Å². The Bertz CT molecular complexity index is 843. The Morgan fingerprint density at radius 3 is 2.71 bits per heavy atom. The minimum atomic E-state index is -0.239. The van der Waals surface area contributed by atoms with Crippen LogP contribution in [0.2, 0.25) is 0 Å². The number of carbonyl (C=O) groups is 1. The molecular formula is C18H16N4OS. The molecule has 0 saturated carbocycles. The van der Waals surface area contributed by atoms with Crippen molar-refractivity contribution in [3.8, 4) is 11.3 Å². The lowest BCUT2D eigenvalue weighted by Gasteiger charge is -2.17. The van der Waals surface area contributed by atoms with Gasteiger partial charge in [0, 0.05) is 23.7 Å². The quantitative estimate of drug-likeness (QED) is 0.666. The summed E-state index contributed by atoms with van der Waals surface area (Å²) in [6.07, 6.45) is 4.74. The van der Waals surface area contributed by atoms with Crippen molar-refractivity contribution < 1.29 is 4.79 Å². The maximum atomic E-state index is 12.7. The van der Waals surface area contributed by atoms with Crippen molar-refractivity contribution in [1.82, 2.24) is 15.0 Å².